The summed E-state index contributed by atoms with van der Waals surface area (Å²) in [5, 5.41) is 6.57. The highest BCUT2D eigenvalue weighted by molar-refractivity contribution is 6.34. The number of halogens is 2. The van der Waals surface area contributed by atoms with Crippen LogP contribution in [-0.2, 0) is 10.4 Å². The lowest BCUT2D eigenvalue weighted by Crippen LogP contribution is -2.22. The molecule has 5 heteroatoms. The number of hydrogen-bond acceptors (Lipinski definition) is 3. The van der Waals surface area contributed by atoms with E-state index in [2.05, 4.69) is 16.2 Å². The number of fused-ring (bicyclic) bond motifs is 1. The summed E-state index contributed by atoms with van der Waals surface area (Å²) in [5.41, 5.74) is 3.24. The molecule has 0 spiro atoms. The fourth-order valence-corrected chi connectivity index (χ4v) is 3.49. The van der Waals surface area contributed by atoms with Crippen molar-refractivity contribution in [2.45, 2.75) is 18.9 Å². The molecule has 2 aromatic carbocycles. The van der Waals surface area contributed by atoms with Crippen molar-refractivity contribution in [3.63, 3.8) is 0 Å². The fraction of sp³-hybridized carbons (Fsp3) is 0.158. The van der Waals surface area contributed by atoms with Crippen LogP contribution >= 0.6 is 23.2 Å². The van der Waals surface area contributed by atoms with Gasteiger partial charge in [0.1, 0.15) is 0 Å². The van der Waals surface area contributed by atoms with Gasteiger partial charge in [-0.25, -0.2) is 0 Å². The predicted molar refractivity (Wildman–Crippen MR) is 97.8 cm³/mol. The van der Waals surface area contributed by atoms with Crippen molar-refractivity contribution >= 4 is 39.8 Å². The monoisotopic (exact) mass is 356 g/mol. The molecule has 3 aromatic rings. The maximum atomic E-state index is 6.12. The second-order valence-electron chi connectivity index (χ2n) is 6.11. The quantitative estimate of drug-likeness (QED) is 0.600. The van der Waals surface area contributed by atoms with Crippen molar-refractivity contribution in [3.05, 3.63) is 75.9 Å². The van der Waals surface area contributed by atoms with E-state index in [0.717, 1.165) is 27.7 Å². The minimum Gasteiger partial charge on any atom is -0.384 e. The standard InChI is InChI=1S/C19H14Cl2N2O/c1-19(14-8-15(20)10-16(21)9-14)11-18(23-24-19)13-4-5-17-12(7-13)3-2-6-22-17/h2-10H,11H2,1H3. The highest BCUT2D eigenvalue weighted by atomic mass is 35.5. The van der Waals surface area contributed by atoms with Crippen LogP contribution in [0.3, 0.4) is 0 Å². The molecule has 2 heterocycles. The van der Waals surface area contributed by atoms with Crippen molar-refractivity contribution in [2.24, 2.45) is 5.16 Å². The van der Waals surface area contributed by atoms with Crippen molar-refractivity contribution in [1.29, 1.82) is 0 Å². The van der Waals surface area contributed by atoms with Crippen molar-refractivity contribution in [2.75, 3.05) is 0 Å². The van der Waals surface area contributed by atoms with Gasteiger partial charge in [-0.1, -0.05) is 40.5 Å². The van der Waals surface area contributed by atoms with Gasteiger partial charge >= 0.3 is 0 Å². The number of nitrogens with zero attached hydrogens (tertiary/aromatic N) is 2. The number of rotatable bonds is 2. The van der Waals surface area contributed by atoms with Crippen molar-refractivity contribution < 1.29 is 4.84 Å². The van der Waals surface area contributed by atoms with Crippen LogP contribution in [0.5, 0.6) is 0 Å². The van der Waals surface area contributed by atoms with Crippen LogP contribution in [0.15, 0.2) is 59.9 Å². The van der Waals surface area contributed by atoms with E-state index in [1.165, 1.54) is 0 Å². The largest absolute Gasteiger partial charge is 0.384 e. The molecule has 1 aromatic heterocycles. The Balaban J connectivity index is 1.67. The molecule has 1 aliphatic rings. The van der Waals surface area contributed by atoms with Crippen molar-refractivity contribution in [3.8, 4) is 0 Å². The van der Waals surface area contributed by atoms with Gasteiger partial charge in [-0.3, -0.25) is 4.98 Å². The fourth-order valence-electron chi connectivity index (χ4n) is 2.96. The number of pyridine rings is 1. The molecule has 0 saturated heterocycles. The van der Waals surface area contributed by atoms with Gasteiger partial charge in [0.2, 0.25) is 0 Å². The third kappa shape index (κ3) is 2.74. The lowest BCUT2D eigenvalue weighted by molar-refractivity contribution is -0.00737. The van der Waals surface area contributed by atoms with Crippen molar-refractivity contribution in [1.82, 2.24) is 4.98 Å². The summed E-state index contributed by atoms with van der Waals surface area (Å²) < 4.78 is 0. The van der Waals surface area contributed by atoms with Crippen LogP contribution in [0.2, 0.25) is 10.0 Å². The third-order valence-electron chi connectivity index (χ3n) is 4.27. The van der Waals surface area contributed by atoms with Crippen LogP contribution in [0.1, 0.15) is 24.5 Å². The molecule has 1 unspecified atom stereocenters. The summed E-state index contributed by atoms with van der Waals surface area (Å²) >= 11 is 12.2. The number of hydrogen-bond donors (Lipinski definition) is 0. The molecule has 0 fully saturated rings. The number of aromatic nitrogens is 1. The Kier molecular flexibility index (Phi) is 3.70. The highest BCUT2D eigenvalue weighted by Crippen LogP contribution is 2.38. The van der Waals surface area contributed by atoms with Crippen LogP contribution in [-0.4, -0.2) is 10.7 Å². The van der Waals surface area contributed by atoms with Crippen LogP contribution in [0.4, 0.5) is 0 Å². The zero-order valence-electron chi connectivity index (χ0n) is 13.0. The van der Waals surface area contributed by atoms with E-state index in [9.17, 15) is 0 Å². The molecule has 120 valence electrons. The number of benzene rings is 2. The first-order valence-corrected chi connectivity index (χ1v) is 8.36. The molecule has 4 rings (SSSR count). The van der Waals surface area contributed by atoms with Gasteiger partial charge in [-0.05, 0) is 43.3 Å². The molecule has 3 nitrogen and oxygen atoms in total. The highest BCUT2D eigenvalue weighted by Gasteiger charge is 2.37. The Hall–Kier alpha value is -2.10. The molecular weight excluding hydrogens is 343 g/mol. The average molecular weight is 357 g/mol. The summed E-state index contributed by atoms with van der Waals surface area (Å²) in [5.74, 6) is 0. The molecule has 24 heavy (non-hydrogen) atoms. The maximum Gasteiger partial charge on any atom is 0.165 e. The van der Waals surface area contributed by atoms with Crippen LogP contribution in [0.25, 0.3) is 10.9 Å². The zero-order chi connectivity index (χ0) is 16.7. The van der Waals surface area contributed by atoms with E-state index in [1.54, 1.807) is 12.3 Å². The molecule has 0 N–H and O–H groups in total. The van der Waals surface area contributed by atoms with E-state index >= 15 is 0 Å². The van der Waals surface area contributed by atoms with Gasteiger partial charge in [-0.2, -0.15) is 0 Å². The summed E-state index contributed by atoms with van der Waals surface area (Å²) in [6, 6.07) is 15.5. The molecule has 1 atom stereocenters. The van der Waals surface area contributed by atoms with Crippen LogP contribution < -0.4 is 0 Å². The van der Waals surface area contributed by atoms with E-state index in [0.29, 0.717) is 16.5 Å². The Labute approximate surface area is 149 Å². The predicted octanol–water partition coefficient (Wildman–Crippen LogP) is 5.58. The second kappa shape index (κ2) is 5.76. The normalized spacial score (nSPS) is 20.0. The molecule has 0 radical (unpaired) electrons. The maximum absolute atomic E-state index is 6.12. The Morgan fingerprint density at radius 1 is 1.04 bits per heavy atom. The number of oxime groups is 1. The second-order valence-corrected chi connectivity index (χ2v) is 6.98. The summed E-state index contributed by atoms with van der Waals surface area (Å²) in [4.78, 5) is 10.1. The average Bonchev–Trinajstić information content (AvgIpc) is 2.97. The molecule has 0 aliphatic carbocycles. The first kappa shape index (κ1) is 15.4. The first-order chi connectivity index (χ1) is 11.5. The minimum atomic E-state index is -0.576. The van der Waals surface area contributed by atoms with Gasteiger partial charge in [0.25, 0.3) is 0 Å². The Morgan fingerprint density at radius 2 is 1.83 bits per heavy atom. The van der Waals surface area contributed by atoms with E-state index < -0.39 is 5.60 Å². The summed E-state index contributed by atoms with van der Waals surface area (Å²) in [6.07, 6.45) is 2.44. The Bertz CT molecular complexity index is 950. The molecule has 1 aliphatic heterocycles. The van der Waals surface area contributed by atoms with Gasteiger partial charge in [-0.15, -0.1) is 0 Å². The topological polar surface area (TPSA) is 34.5 Å². The SMILES string of the molecule is CC1(c2cc(Cl)cc(Cl)c2)CC(c2ccc3ncccc3c2)=NO1. The lowest BCUT2D eigenvalue weighted by atomic mass is 9.89. The molecule has 0 bridgehead atoms. The van der Waals surface area contributed by atoms with Gasteiger partial charge in [0, 0.05) is 39.2 Å². The third-order valence-corrected chi connectivity index (χ3v) is 4.71. The van der Waals surface area contributed by atoms with E-state index in [-0.39, 0.29) is 0 Å². The van der Waals surface area contributed by atoms with Crippen LogP contribution in [0, 0.1) is 0 Å². The van der Waals surface area contributed by atoms with E-state index in [4.69, 9.17) is 28.0 Å². The summed E-state index contributed by atoms with van der Waals surface area (Å²) in [7, 11) is 0. The first-order valence-electron chi connectivity index (χ1n) is 7.60. The van der Waals surface area contributed by atoms with Gasteiger partial charge in [0.05, 0.1) is 11.2 Å². The smallest absolute Gasteiger partial charge is 0.165 e. The molecule has 0 saturated carbocycles. The van der Waals surface area contributed by atoms with Gasteiger partial charge in [0.15, 0.2) is 5.60 Å². The minimum absolute atomic E-state index is 0.576. The molecule has 0 amide bonds. The van der Waals surface area contributed by atoms with E-state index in [1.807, 2.05) is 43.3 Å². The Morgan fingerprint density at radius 3 is 2.62 bits per heavy atom. The zero-order valence-corrected chi connectivity index (χ0v) is 14.5. The lowest BCUT2D eigenvalue weighted by Gasteiger charge is -2.22. The molecular formula is C19H14Cl2N2O. The summed E-state index contributed by atoms with van der Waals surface area (Å²) in [6.45, 7) is 1.99. The van der Waals surface area contributed by atoms with Gasteiger partial charge < -0.3 is 4.84 Å².